The van der Waals surface area contributed by atoms with E-state index in [1.807, 2.05) is 13.0 Å². The minimum absolute atomic E-state index is 0.188. The predicted molar refractivity (Wildman–Crippen MR) is 76.3 cm³/mol. The minimum atomic E-state index is -0.488. The number of fused-ring (bicyclic) bond motifs is 1. The Morgan fingerprint density at radius 2 is 2.32 bits per heavy atom. The molecule has 6 nitrogen and oxygen atoms in total. The Morgan fingerprint density at radius 1 is 1.58 bits per heavy atom. The number of aromatic nitrogens is 2. The van der Waals surface area contributed by atoms with Gasteiger partial charge in [0.2, 0.25) is 5.95 Å². The molecule has 0 fully saturated rings. The Kier molecular flexibility index (Phi) is 3.84. The van der Waals surface area contributed by atoms with E-state index in [1.165, 1.54) is 11.3 Å². The Balaban J connectivity index is 2.31. The molecule has 2 heterocycles. The van der Waals surface area contributed by atoms with Crippen LogP contribution in [0.1, 0.15) is 18.7 Å². The van der Waals surface area contributed by atoms with Crippen LogP contribution in [0.2, 0.25) is 0 Å². The molecule has 0 aliphatic heterocycles. The van der Waals surface area contributed by atoms with Gasteiger partial charge in [-0.05, 0) is 26.8 Å². The van der Waals surface area contributed by atoms with Crippen molar-refractivity contribution in [2.75, 3.05) is 17.7 Å². The minimum Gasteiger partial charge on any atom is -0.464 e. The number of anilines is 2. The summed E-state index contributed by atoms with van der Waals surface area (Å²) in [5, 5.41) is 3.89. The van der Waals surface area contributed by atoms with Crippen LogP contribution in [-0.2, 0) is 9.53 Å². The summed E-state index contributed by atoms with van der Waals surface area (Å²) in [7, 11) is 0. The van der Waals surface area contributed by atoms with E-state index in [0.29, 0.717) is 12.4 Å². The summed E-state index contributed by atoms with van der Waals surface area (Å²) in [4.78, 5) is 21.9. The van der Waals surface area contributed by atoms with Gasteiger partial charge in [0.15, 0.2) is 0 Å². The number of nitrogens with zero attached hydrogens (tertiary/aromatic N) is 2. The van der Waals surface area contributed by atoms with Crippen molar-refractivity contribution in [3.63, 3.8) is 0 Å². The first-order chi connectivity index (χ1) is 9.01. The smallest absolute Gasteiger partial charge is 0.328 e. The molecule has 0 radical (unpaired) electrons. The summed E-state index contributed by atoms with van der Waals surface area (Å²) in [6, 6.07) is 1.48. The van der Waals surface area contributed by atoms with E-state index < -0.39 is 6.04 Å². The first kappa shape index (κ1) is 13.5. The van der Waals surface area contributed by atoms with Crippen LogP contribution in [0.5, 0.6) is 0 Å². The molecule has 102 valence electrons. The monoisotopic (exact) mass is 280 g/mol. The molecule has 7 heteroatoms. The van der Waals surface area contributed by atoms with Crippen molar-refractivity contribution in [2.24, 2.45) is 0 Å². The number of esters is 1. The van der Waals surface area contributed by atoms with Crippen molar-refractivity contribution < 1.29 is 9.53 Å². The van der Waals surface area contributed by atoms with E-state index in [2.05, 4.69) is 15.3 Å². The van der Waals surface area contributed by atoms with E-state index in [4.69, 9.17) is 10.5 Å². The van der Waals surface area contributed by atoms with Crippen LogP contribution in [-0.4, -0.2) is 28.6 Å². The first-order valence-corrected chi connectivity index (χ1v) is 6.79. The van der Waals surface area contributed by atoms with Gasteiger partial charge in [0, 0.05) is 4.88 Å². The zero-order valence-electron chi connectivity index (χ0n) is 11.1. The fraction of sp³-hybridized carbons (Fsp3) is 0.417. The van der Waals surface area contributed by atoms with Crippen molar-refractivity contribution in [1.29, 1.82) is 0 Å². The van der Waals surface area contributed by atoms with E-state index in [9.17, 15) is 4.79 Å². The Morgan fingerprint density at radius 3 is 3.00 bits per heavy atom. The normalized spacial score (nSPS) is 12.4. The third-order valence-corrected chi connectivity index (χ3v) is 3.47. The second-order valence-corrected chi connectivity index (χ2v) is 5.36. The molecule has 0 saturated carbocycles. The maximum atomic E-state index is 11.6. The highest BCUT2D eigenvalue weighted by Crippen LogP contribution is 2.29. The molecule has 0 aliphatic carbocycles. The zero-order valence-corrected chi connectivity index (χ0v) is 11.9. The van der Waals surface area contributed by atoms with Crippen molar-refractivity contribution in [3.8, 4) is 0 Å². The number of nitrogens with two attached hydrogens (primary N) is 1. The maximum Gasteiger partial charge on any atom is 0.328 e. The van der Waals surface area contributed by atoms with Crippen LogP contribution in [0.15, 0.2) is 6.07 Å². The molecule has 0 saturated heterocycles. The molecule has 0 aromatic carbocycles. The van der Waals surface area contributed by atoms with Crippen molar-refractivity contribution in [2.45, 2.75) is 26.8 Å². The third kappa shape index (κ3) is 2.93. The highest BCUT2D eigenvalue weighted by atomic mass is 32.1. The third-order valence-electron chi connectivity index (χ3n) is 2.53. The van der Waals surface area contributed by atoms with Gasteiger partial charge >= 0.3 is 5.97 Å². The second-order valence-electron chi connectivity index (χ2n) is 4.12. The number of aryl methyl sites for hydroxylation is 1. The number of carbonyl (C=O) groups is 1. The number of rotatable bonds is 4. The molecular formula is C12H16N4O2S. The number of carbonyl (C=O) groups excluding carboxylic acids is 1. The number of ether oxygens (including phenoxy) is 1. The van der Waals surface area contributed by atoms with Crippen LogP contribution >= 0.6 is 11.3 Å². The summed E-state index contributed by atoms with van der Waals surface area (Å²) >= 11 is 1.54. The van der Waals surface area contributed by atoms with E-state index in [0.717, 1.165) is 15.1 Å². The highest BCUT2D eigenvalue weighted by molar-refractivity contribution is 7.18. The fourth-order valence-electron chi connectivity index (χ4n) is 1.70. The molecular weight excluding hydrogens is 264 g/mol. The van der Waals surface area contributed by atoms with E-state index in [-0.39, 0.29) is 11.9 Å². The lowest BCUT2D eigenvalue weighted by Crippen LogP contribution is -2.28. The Labute approximate surface area is 115 Å². The van der Waals surface area contributed by atoms with Gasteiger partial charge in [-0.2, -0.15) is 4.98 Å². The predicted octanol–water partition coefficient (Wildman–Crippen LogP) is 1.95. The van der Waals surface area contributed by atoms with Gasteiger partial charge in [0.25, 0.3) is 0 Å². The molecule has 0 spiro atoms. The molecule has 1 atom stereocenters. The second kappa shape index (κ2) is 5.40. The van der Waals surface area contributed by atoms with Crippen molar-refractivity contribution in [3.05, 3.63) is 10.9 Å². The van der Waals surface area contributed by atoms with Crippen LogP contribution in [0.4, 0.5) is 11.8 Å². The van der Waals surface area contributed by atoms with Gasteiger partial charge in [0.05, 0.1) is 12.0 Å². The molecule has 0 amide bonds. The molecule has 2 rings (SSSR count). The quantitative estimate of drug-likeness (QED) is 0.832. The standard InChI is InChI=1S/C12H16N4O2S/c1-4-18-11(17)7(3)14-9-8-5-6(2)19-10(8)16-12(13)15-9/h5,7H,4H2,1-3H3,(H3,13,14,15,16). The number of hydrogen-bond acceptors (Lipinski definition) is 7. The van der Waals surface area contributed by atoms with Gasteiger partial charge in [-0.3, -0.25) is 0 Å². The molecule has 3 N–H and O–H groups in total. The Hall–Kier alpha value is -1.89. The Bertz CT molecular complexity index is 611. The van der Waals surface area contributed by atoms with Gasteiger partial charge < -0.3 is 15.8 Å². The molecule has 1 unspecified atom stereocenters. The average molecular weight is 280 g/mol. The highest BCUT2D eigenvalue weighted by Gasteiger charge is 2.17. The van der Waals surface area contributed by atoms with Gasteiger partial charge in [-0.25, -0.2) is 9.78 Å². The van der Waals surface area contributed by atoms with E-state index in [1.54, 1.807) is 13.8 Å². The molecule has 0 bridgehead atoms. The summed E-state index contributed by atoms with van der Waals surface area (Å²) in [6.07, 6.45) is 0. The molecule has 0 aliphatic rings. The lowest BCUT2D eigenvalue weighted by atomic mass is 10.3. The van der Waals surface area contributed by atoms with Crippen LogP contribution < -0.4 is 11.1 Å². The van der Waals surface area contributed by atoms with Crippen molar-refractivity contribution in [1.82, 2.24) is 9.97 Å². The van der Waals surface area contributed by atoms with Crippen molar-refractivity contribution >= 4 is 39.3 Å². The van der Waals surface area contributed by atoms with Gasteiger partial charge in [0.1, 0.15) is 16.7 Å². The number of nitrogen functional groups attached to an aromatic ring is 1. The number of nitrogens with one attached hydrogen (secondary N) is 1. The zero-order chi connectivity index (χ0) is 14.0. The summed E-state index contributed by atoms with van der Waals surface area (Å²) in [6.45, 7) is 5.83. The summed E-state index contributed by atoms with van der Waals surface area (Å²) in [5.74, 6) is 0.431. The van der Waals surface area contributed by atoms with Crippen LogP contribution in [0.3, 0.4) is 0 Å². The van der Waals surface area contributed by atoms with Crippen LogP contribution in [0.25, 0.3) is 10.2 Å². The lowest BCUT2D eigenvalue weighted by molar-refractivity contribution is -0.143. The summed E-state index contributed by atoms with van der Waals surface area (Å²) in [5.41, 5.74) is 5.67. The number of hydrogen-bond donors (Lipinski definition) is 2. The first-order valence-electron chi connectivity index (χ1n) is 5.98. The SMILES string of the molecule is CCOC(=O)C(C)Nc1nc(N)nc2sc(C)cc12. The fourth-order valence-corrected chi connectivity index (χ4v) is 2.59. The van der Waals surface area contributed by atoms with E-state index >= 15 is 0 Å². The van der Waals surface area contributed by atoms with Crippen LogP contribution in [0, 0.1) is 6.92 Å². The lowest BCUT2D eigenvalue weighted by Gasteiger charge is -2.13. The summed E-state index contributed by atoms with van der Waals surface area (Å²) < 4.78 is 4.95. The largest absolute Gasteiger partial charge is 0.464 e. The average Bonchev–Trinajstić information content (AvgIpc) is 2.69. The van der Waals surface area contributed by atoms with Gasteiger partial charge in [-0.1, -0.05) is 0 Å². The topological polar surface area (TPSA) is 90.1 Å². The van der Waals surface area contributed by atoms with Gasteiger partial charge in [-0.15, -0.1) is 11.3 Å². The molecule has 2 aromatic rings. The molecule has 2 aromatic heterocycles. The maximum absolute atomic E-state index is 11.6. The number of thiophene rings is 1. The molecule has 19 heavy (non-hydrogen) atoms.